The van der Waals surface area contributed by atoms with E-state index in [1.807, 2.05) is 0 Å². The molecule has 0 saturated carbocycles. The van der Waals surface area contributed by atoms with Crippen LogP contribution in [0.15, 0.2) is 0 Å². The highest BCUT2D eigenvalue weighted by atomic mass is 16.6. The van der Waals surface area contributed by atoms with Gasteiger partial charge >= 0.3 is 11.9 Å². The fourth-order valence-corrected chi connectivity index (χ4v) is 2.02. The molecule has 0 saturated heterocycles. The van der Waals surface area contributed by atoms with Crippen molar-refractivity contribution in [2.24, 2.45) is 5.92 Å². The second-order valence-electron chi connectivity index (χ2n) is 6.40. The maximum absolute atomic E-state index is 11.9. The van der Waals surface area contributed by atoms with Gasteiger partial charge in [0.1, 0.15) is 17.3 Å². The summed E-state index contributed by atoms with van der Waals surface area (Å²) in [5, 5.41) is 8.52. The van der Waals surface area contributed by atoms with Crippen LogP contribution in [-0.2, 0) is 19.1 Å². The number of unbranched alkanes of at least 4 members (excludes halogenated alkanes) is 4. The lowest BCUT2D eigenvalue weighted by molar-refractivity contribution is -0.162. The molecule has 0 aliphatic rings. The van der Waals surface area contributed by atoms with Crippen LogP contribution in [0, 0.1) is 5.92 Å². The number of aliphatic carboxylic acids is 1. The standard InChI is InChI=1S/C16H28O5/c1-12(17)13(15(20)21-16(2,3)4)10-8-6-5-7-9-11-14(18)19/h13H,5-11H2,1-4H3,(H,18,19). The van der Waals surface area contributed by atoms with Crippen molar-refractivity contribution in [1.29, 1.82) is 0 Å². The largest absolute Gasteiger partial charge is 0.481 e. The molecule has 21 heavy (non-hydrogen) atoms. The predicted molar refractivity (Wildman–Crippen MR) is 80.0 cm³/mol. The van der Waals surface area contributed by atoms with Gasteiger partial charge in [0, 0.05) is 6.42 Å². The molecule has 1 unspecified atom stereocenters. The van der Waals surface area contributed by atoms with Crippen molar-refractivity contribution >= 4 is 17.7 Å². The molecule has 122 valence electrons. The zero-order chi connectivity index (χ0) is 16.5. The van der Waals surface area contributed by atoms with Crippen LogP contribution in [0.2, 0.25) is 0 Å². The molecule has 0 aliphatic heterocycles. The molecule has 0 aromatic carbocycles. The number of Topliss-reactive ketones (excluding diaryl/α,β-unsaturated/α-hetero) is 1. The lowest BCUT2D eigenvalue weighted by Crippen LogP contribution is -2.31. The number of carboxylic acid groups (broad SMARTS) is 1. The quantitative estimate of drug-likeness (QED) is 0.380. The van der Waals surface area contributed by atoms with E-state index in [2.05, 4.69) is 0 Å². The van der Waals surface area contributed by atoms with Crippen LogP contribution >= 0.6 is 0 Å². The van der Waals surface area contributed by atoms with Crippen LogP contribution in [0.1, 0.15) is 72.6 Å². The lowest BCUT2D eigenvalue weighted by Gasteiger charge is -2.22. The summed E-state index contributed by atoms with van der Waals surface area (Å²) >= 11 is 0. The second kappa shape index (κ2) is 9.53. The molecule has 1 atom stereocenters. The molecule has 0 aromatic heterocycles. The van der Waals surface area contributed by atoms with Crippen molar-refractivity contribution in [3.63, 3.8) is 0 Å². The van der Waals surface area contributed by atoms with Gasteiger partial charge in [0.15, 0.2) is 0 Å². The summed E-state index contributed by atoms with van der Waals surface area (Å²) in [4.78, 5) is 33.8. The minimum atomic E-state index is -0.767. The Labute approximate surface area is 127 Å². The molecule has 0 aromatic rings. The fraction of sp³-hybridized carbons (Fsp3) is 0.812. The van der Waals surface area contributed by atoms with Crippen molar-refractivity contribution in [3.05, 3.63) is 0 Å². The monoisotopic (exact) mass is 300 g/mol. The van der Waals surface area contributed by atoms with Crippen LogP contribution in [0.5, 0.6) is 0 Å². The van der Waals surface area contributed by atoms with E-state index in [9.17, 15) is 14.4 Å². The number of rotatable bonds is 10. The number of hydrogen-bond acceptors (Lipinski definition) is 4. The molecule has 1 N–H and O–H groups in total. The van der Waals surface area contributed by atoms with Gasteiger partial charge in [0.25, 0.3) is 0 Å². The third-order valence-electron chi connectivity index (χ3n) is 3.07. The first-order chi connectivity index (χ1) is 9.63. The zero-order valence-corrected chi connectivity index (χ0v) is 13.6. The summed E-state index contributed by atoms with van der Waals surface area (Å²) in [6, 6.07) is 0. The first-order valence-corrected chi connectivity index (χ1v) is 7.58. The average Bonchev–Trinajstić information content (AvgIpc) is 2.29. The Bertz CT molecular complexity index is 354. The normalized spacial score (nSPS) is 12.8. The first-order valence-electron chi connectivity index (χ1n) is 7.58. The Morgan fingerprint density at radius 1 is 1.00 bits per heavy atom. The Morgan fingerprint density at radius 3 is 2.00 bits per heavy atom. The third-order valence-corrected chi connectivity index (χ3v) is 3.07. The summed E-state index contributed by atoms with van der Waals surface area (Å²) in [5.41, 5.74) is -0.582. The smallest absolute Gasteiger partial charge is 0.316 e. The van der Waals surface area contributed by atoms with Crippen molar-refractivity contribution in [2.75, 3.05) is 0 Å². The van der Waals surface area contributed by atoms with E-state index in [1.54, 1.807) is 20.8 Å². The van der Waals surface area contributed by atoms with Gasteiger partial charge in [0.05, 0.1) is 0 Å². The molecular formula is C16H28O5. The minimum Gasteiger partial charge on any atom is -0.481 e. The van der Waals surface area contributed by atoms with Gasteiger partial charge in [-0.05, 0) is 40.5 Å². The van der Waals surface area contributed by atoms with E-state index in [-0.39, 0.29) is 12.2 Å². The first kappa shape index (κ1) is 19.6. The summed E-state index contributed by atoms with van der Waals surface area (Å²) in [6.45, 7) is 6.76. The molecule has 5 nitrogen and oxygen atoms in total. The molecule has 0 aliphatic carbocycles. The van der Waals surface area contributed by atoms with E-state index in [0.717, 1.165) is 25.7 Å². The van der Waals surface area contributed by atoms with Crippen molar-refractivity contribution in [1.82, 2.24) is 0 Å². The SMILES string of the molecule is CC(=O)C(CCCCCCCC(=O)O)C(=O)OC(C)(C)C. The van der Waals surface area contributed by atoms with Crippen LogP contribution in [0.4, 0.5) is 0 Å². The second-order valence-corrected chi connectivity index (χ2v) is 6.40. The minimum absolute atomic E-state index is 0.157. The number of carbonyl (C=O) groups is 3. The van der Waals surface area contributed by atoms with Gasteiger partial charge < -0.3 is 9.84 Å². The molecule has 0 fully saturated rings. The predicted octanol–water partition coefficient (Wildman–Crippen LogP) is 3.35. The molecule has 0 amide bonds. The molecule has 0 heterocycles. The van der Waals surface area contributed by atoms with Crippen LogP contribution in [0.25, 0.3) is 0 Å². The van der Waals surface area contributed by atoms with Crippen molar-refractivity contribution < 1.29 is 24.2 Å². The van der Waals surface area contributed by atoms with Gasteiger partial charge in [-0.15, -0.1) is 0 Å². The van der Waals surface area contributed by atoms with E-state index in [0.29, 0.717) is 12.8 Å². The number of ether oxygens (including phenoxy) is 1. The van der Waals surface area contributed by atoms with Gasteiger partial charge in [-0.3, -0.25) is 14.4 Å². The summed E-state index contributed by atoms with van der Waals surface area (Å²) in [5.74, 6) is -2.05. The summed E-state index contributed by atoms with van der Waals surface area (Å²) in [6.07, 6.45) is 4.84. The molecule has 0 radical (unpaired) electrons. The number of carbonyl (C=O) groups excluding carboxylic acids is 2. The molecule has 0 spiro atoms. The van der Waals surface area contributed by atoms with E-state index in [1.165, 1.54) is 6.92 Å². The van der Waals surface area contributed by atoms with Gasteiger partial charge in [-0.1, -0.05) is 25.7 Å². The van der Waals surface area contributed by atoms with Crippen molar-refractivity contribution in [3.8, 4) is 0 Å². The number of esters is 1. The highest BCUT2D eigenvalue weighted by Crippen LogP contribution is 2.18. The fourth-order valence-electron chi connectivity index (χ4n) is 2.02. The molecule has 5 heteroatoms. The maximum atomic E-state index is 11.9. The van der Waals surface area contributed by atoms with E-state index < -0.39 is 23.5 Å². The maximum Gasteiger partial charge on any atom is 0.316 e. The van der Waals surface area contributed by atoms with Gasteiger partial charge in [0.2, 0.25) is 0 Å². The Balaban J connectivity index is 3.98. The van der Waals surface area contributed by atoms with Crippen molar-refractivity contribution in [2.45, 2.75) is 78.2 Å². The Hall–Kier alpha value is -1.39. The number of ketones is 1. The lowest BCUT2D eigenvalue weighted by atomic mass is 9.96. The topological polar surface area (TPSA) is 80.7 Å². The highest BCUT2D eigenvalue weighted by molar-refractivity contribution is 5.97. The Kier molecular flexibility index (Phi) is 8.90. The molecular weight excluding hydrogens is 272 g/mol. The Morgan fingerprint density at radius 2 is 1.52 bits per heavy atom. The van der Waals surface area contributed by atoms with E-state index in [4.69, 9.17) is 9.84 Å². The van der Waals surface area contributed by atoms with Gasteiger partial charge in [-0.25, -0.2) is 0 Å². The zero-order valence-electron chi connectivity index (χ0n) is 13.6. The third kappa shape index (κ3) is 11.0. The molecule has 0 bridgehead atoms. The highest BCUT2D eigenvalue weighted by Gasteiger charge is 2.28. The summed E-state index contributed by atoms with van der Waals surface area (Å²) < 4.78 is 5.26. The number of carboxylic acids is 1. The molecule has 0 rings (SSSR count). The van der Waals surface area contributed by atoms with Gasteiger partial charge in [-0.2, -0.15) is 0 Å². The average molecular weight is 300 g/mol. The number of hydrogen-bond donors (Lipinski definition) is 1. The van der Waals surface area contributed by atoms with Crippen LogP contribution < -0.4 is 0 Å². The van der Waals surface area contributed by atoms with Crippen LogP contribution in [-0.4, -0.2) is 28.4 Å². The summed E-state index contributed by atoms with van der Waals surface area (Å²) in [7, 11) is 0. The van der Waals surface area contributed by atoms with E-state index >= 15 is 0 Å². The van der Waals surface area contributed by atoms with Crippen LogP contribution in [0.3, 0.4) is 0 Å².